The second kappa shape index (κ2) is 6.86. The first-order valence-corrected chi connectivity index (χ1v) is 8.81. The largest absolute Gasteiger partial charge is 0.399 e. The molecule has 3 rings (SSSR count). The Morgan fingerprint density at radius 1 is 1.19 bits per heavy atom. The molecule has 1 unspecified atom stereocenters. The average Bonchev–Trinajstić information content (AvgIpc) is 2.69. The van der Waals surface area contributed by atoms with Crippen LogP contribution in [0.3, 0.4) is 0 Å². The van der Waals surface area contributed by atoms with Crippen LogP contribution in [0.15, 0.2) is 41.1 Å². The first-order chi connectivity index (χ1) is 12.9. The van der Waals surface area contributed by atoms with E-state index >= 15 is 0 Å². The predicted molar refractivity (Wildman–Crippen MR) is 94.2 cm³/mol. The first kappa shape index (κ1) is 18.6. The lowest BCUT2D eigenvalue weighted by Crippen LogP contribution is -2.43. The van der Waals surface area contributed by atoms with Crippen LogP contribution in [-0.2, 0) is 0 Å². The van der Waals surface area contributed by atoms with Crippen LogP contribution in [0, 0.1) is 62.9 Å². The van der Waals surface area contributed by atoms with Gasteiger partial charge in [0.05, 0.1) is 23.4 Å². The Morgan fingerprint density at radius 3 is 2.44 bits per heavy atom. The number of hydrogen-bond donors (Lipinski definition) is 1. The summed E-state index contributed by atoms with van der Waals surface area (Å²) in [5.41, 5.74) is 5.45. The standard InChI is InChI=1S/C21H18F2N4/c1-2-12-3-5-14-15(7-12)19(13-4-6-17(22)18(23)8-13)21(10-25,11-26)20(27)16(14)9-24/h4-6,8,12,15,19H,2-3,7,27H2,1H3/t12?,15-,19+/m1/s1. The van der Waals surface area contributed by atoms with Crippen LogP contribution in [0.5, 0.6) is 0 Å². The van der Waals surface area contributed by atoms with Crippen LogP contribution in [0.2, 0.25) is 0 Å². The van der Waals surface area contributed by atoms with Crippen molar-refractivity contribution in [3.8, 4) is 18.2 Å². The van der Waals surface area contributed by atoms with Crippen molar-refractivity contribution in [3.05, 3.63) is 58.3 Å². The molecule has 0 aromatic heterocycles. The van der Waals surface area contributed by atoms with E-state index in [2.05, 4.69) is 13.0 Å². The highest BCUT2D eigenvalue weighted by Gasteiger charge is 2.54. The number of nitrogens with two attached hydrogens (primary N) is 1. The van der Waals surface area contributed by atoms with E-state index in [0.29, 0.717) is 23.5 Å². The van der Waals surface area contributed by atoms with E-state index in [9.17, 15) is 24.6 Å². The van der Waals surface area contributed by atoms with Crippen LogP contribution >= 0.6 is 0 Å². The summed E-state index contributed by atoms with van der Waals surface area (Å²) in [6.07, 6.45) is 4.27. The maximum Gasteiger partial charge on any atom is 0.191 e. The van der Waals surface area contributed by atoms with E-state index in [1.54, 1.807) is 0 Å². The molecule has 1 aromatic rings. The Morgan fingerprint density at radius 2 is 1.89 bits per heavy atom. The topological polar surface area (TPSA) is 97.4 Å². The van der Waals surface area contributed by atoms with Crippen molar-refractivity contribution in [3.63, 3.8) is 0 Å². The molecular formula is C21H18F2N4. The van der Waals surface area contributed by atoms with E-state index in [-0.39, 0.29) is 17.2 Å². The van der Waals surface area contributed by atoms with E-state index < -0.39 is 23.0 Å². The summed E-state index contributed by atoms with van der Waals surface area (Å²) in [4.78, 5) is 0. The summed E-state index contributed by atoms with van der Waals surface area (Å²) in [5, 5.41) is 29.4. The molecular weight excluding hydrogens is 346 g/mol. The highest BCUT2D eigenvalue weighted by Crippen LogP contribution is 2.56. The molecule has 6 heteroatoms. The van der Waals surface area contributed by atoms with E-state index in [1.807, 2.05) is 18.2 Å². The van der Waals surface area contributed by atoms with Crippen LogP contribution in [0.4, 0.5) is 8.78 Å². The molecule has 0 radical (unpaired) electrons. The third kappa shape index (κ3) is 2.68. The van der Waals surface area contributed by atoms with Crippen molar-refractivity contribution in [1.29, 1.82) is 15.8 Å². The molecule has 0 heterocycles. The smallest absolute Gasteiger partial charge is 0.191 e. The minimum atomic E-state index is -1.81. The number of benzene rings is 1. The lowest BCUT2D eigenvalue weighted by Gasteiger charge is -2.44. The first-order valence-electron chi connectivity index (χ1n) is 8.81. The number of rotatable bonds is 2. The zero-order chi connectivity index (χ0) is 19.8. The van der Waals surface area contributed by atoms with Crippen molar-refractivity contribution in [2.24, 2.45) is 23.0 Å². The molecule has 0 bridgehead atoms. The zero-order valence-corrected chi connectivity index (χ0v) is 14.8. The molecule has 2 aliphatic carbocycles. The molecule has 4 nitrogen and oxygen atoms in total. The number of fused-ring (bicyclic) bond motifs is 1. The summed E-state index contributed by atoms with van der Waals surface area (Å²) in [6, 6.07) is 9.45. The van der Waals surface area contributed by atoms with Crippen LogP contribution in [-0.4, -0.2) is 0 Å². The highest BCUT2D eigenvalue weighted by atomic mass is 19.2. The Balaban J connectivity index is 2.32. The number of allylic oxidation sites excluding steroid dienone is 4. The molecule has 27 heavy (non-hydrogen) atoms. The molecule has 0 saturated heterocycles. The minimum absolute atomic E-state index is 0.109. The van der Waals surface area contributed by atoms with Crippen molar-refractivity contribution < 1.29 is 8.78 Å². The van der Waals surface area contributed by atoms with Gasteiger partial charge >= 0.3 is 0 Å². The summed E-state index contributed by atoms with van der Waals surface area (Å²) in [6.45, 7) is 2.05. The average molecular weight is 364 g/mol. The molecule has 0 fully saturated rings. The fourth-order valence-corrected chi connectivity index (χ4v) is 4.38. The quantitative estimate of drug-likeness (QED) is 0.850. The third-order valence-corrected chi connectivity index (χ3v) is 5.85. The van der Waals surface area contributed by atoms with Gasteiger partial charge in [0, 0.05) is 5.92 Å². The summed E-state index contributed by atoms with van der Waals surface area (Å²) >= 11 is 0. The van der Waals surface area contributed by atoms with Gasteiger partial charge in [-0.15, -0.1) is 0 Å². The van der Waals surface area contributed by atoms with E-state index in [4.69, 9.17) is 5.73 Å². The van der Waals surface area contributed by atoms with E-state index in [0.717, 1.165) is 25.0 Å². The predicted octanol–water partition coefficient (Wildman–Crippen LogP) is 4.19. The molecule has 0 spiro atoms. The van der Waals surface area contributed by atoms with Crippen molar-refractivity contribution >= 4 is 0 Å². The minimum Gasteiger partial charge on any atom is -0.399 e. The molecule has 136 valence electrons. The highest BCUT2D eigenvalue weighted by molar-refractivity contribution is 5.59. The second-order valence-electron chi connectivity index (χ2n) is 7.09. The Hall–Kier alpha value is -3.17. The Bertz CT molecular complexity index is 957. The van der Waals surface area contributed by atoms with Crippen LogP contribution in [0.1, 0.15) is 37.7 Å². The monoisotopic (exact) mass is 364 g/mol. The number of hydrogen-bond acceptors (Lipinski definition) is 4. The van der Waals surface area contributed by atoms with Gasteiger partial charge in [0.2, 0.25) is 0 Å². The summed E-state index contributed by atoms with van der Waals surface area (Å²) < 4.78 is 27.4. The molecule has 0 aliphatic heterocycles. The Labute approximate surface area is 156 Å². The van der Waals surface area contributed by atoms with Crippen molar-refractivity contribution in [1.82, 2.24) is 0 Å². The second-order valence-corrected chi connectivity index (χ2v) is 7.09. The molecule has 3 atom stereocenters. The van der Waals surface area contributed by atoms with Crippen LogP contribution < -0.4 is 5.73 Å². The van der Waals surface area contributed by atoms with Gasteiger partial charge < -0.3 is 5.73 Å². The number of nitriles is 3. The van der Waals surface area contributed by atoms with Crippen molar-refractivity contribution in [2.75, 3.05) is 0 Å². The fourth-order valence-electron chi connectivity index (χ4n) is 4.38. The molecule has 1 aromatic carbocycles. The Kier molecular flexibility index (Phi) is 4.73. The normalized spacial score (nSPS) is 26.2. The van der Waals surface area contributed by atoms with Gasteiger partial charge in [0.15, 0.2) is 17.0 Å². The molecule has 0 saturated carbocycles. The van der Waals surface area contributed by atoms with E-state index in [1.165, 1.54) is 6.07 Å². The van der Waals surface area contributed by atoms with Gasteiger partial charge in [-0.05, 0) is 47.9 Å². The molecule has 2 N–H and O–H groups in total. The van der Waals surface area contributed by atoms with Crippen molar-refractivity contribution in [2.45, 2.75) is 32.1 Å². The summed E-state index contributed by atoms with van der Waals surface area (Å²) in [7, 11) is 0. The number of nitrogens with zero attached hydrogens (tertiary/aromatic N) is 3. The molecule has 2 aliphatic rings. The third-order valence-electron chi connectivity index (χ3n) is 5.85. The van der Waals surface area contributed by atoms with Gasteiger partial charge in [-0.25, -0.2) is 8.78 Å². The SMILES string of the molecule is CCC1CC=C2C(C#N)=C(N)C(C#N)(C#N)[C@@H](c3ccc(F)c(F)c3)[C@@H]2C1. The number of halogens is 2. The summed E-state index contributed by atoms with van der Waals surface area (Å²) in [5.74, 6) is -2.84. The van der Waals surface area contributed by atoms with Gasteiger partial charge in [0.25, 0.3) is 0 Å². The lowest BCUT2D eigenvalue weighted by molar-refractivity contribution is 0.270. The van der Waals surface area contributed by atoms with Gasteiger partial charge in [-0.2, -0.15) is 15.8 Å². The fraction of sp³-hybridized carbons (Fsp3) is 0.381. The maximum atomic E-state index is 13.9. The lowest BCUT2D eigenvalue weighted by atomic mass is 9.55. The van der Waals surface area contributed by atoms with Gasteiger partial charge in [-0.3, -0.25) is 0 Å². The zero-order valence-electron chi connectivity index (χ0n) is 14.8. The van der Waals surface area contributed by atoms with Gasteiger partial charge in [-0.1, -0.05) is 25.5 Å². The maximum absolute atomic E-state index is 13.9. The van der Waals surface area contributed by atoms with Gasteiger partial charge in [0.1, 0.15) is 6.07 Å². The molecule has 0 amide bonds. The van der Waals surface area contributed by atoms with Crippen LogP contribution in [0.25, 0.3) is 0 Å².